The summed E-state index contributed by atoms with van der Waals surface area (Å²) < 4.78 is 0. The maximum absolute atomic E-state index is 5.28. The molecule has 0 aromatic carbocycles. The van der Waals surface area contributed by atoms with Crippen molar-refractivity contribution < 1.29 is 0 Å². The summed E-state index contributed by atoms with van der Waals surface area (Å²) in [5.74, 6) is 7.88. The molecule has 0 saturated heterocycles. The topological polar surface area (TPSA) is 38.0 Å². The number of rotatable bonds is 5. The van der Waals surface area contributed by atoms with Crippen LogP contribution in [0.4, 0.5) is 0 Å². The average Bonchev–Trinajstić information content (AvgIpc) is 1.98. The first-order valence-electron chi connectivity index (χ1n) is 3.74. The highest BCUT2D eigenvalue weighted by molar-refractivity contribution is 4.85. The second-order valence-corrected chi connectivity index (χ2v) is 2.40. The van der Waals surface area contributed by atoms with E-state index in [1.807, 2.05) is 0 Å². The Balaban J connectivity index is 3.32. The van der Waals surface area contributed by atoms with Crippen molar-refractivity contribution in [1.82, 2.24) is 5.43 Å². The van der Waals surface area contributed by atoms with Gasteiger partial charge in [-0.2, -0.15) is 0 Å². The van der Waals surface area contributed by atoms with Crippen LogP contribution in [0.5, 0.6) is 0 Å². The molecule has 10 heavy (non-hydrogen) atoms. The number of hydrazine groups is 1. The molecule has 3 N–H and O–H groups in total. The van der Waals surface area contributed by atoms with Gasteiger partial charge in [-0.15, -0.1) is 12.3 Å². The minimum absolute atomic E-state index is 0.404. The molecule has 0 radical (unpaired) electrons. The van der Waals surface area contributed by atoms with E-state index in [2.05, 4.69) is 18.3 Å². The Bertz CT molecular complexity index is 104. The van der Waals surface area contributed by atoms with Gasteiger partial charge in [-0.1, -0.05) is 13.3 Å². The monoisotopic (exact) mass is 140 g/mol. The van der Waals surface area contributed by atoms with Crippen LogP contribution in [0.2, 0.25) is 0 Å². The van der Waals surface area contributed by atoms with E-state index < -0.39 is 0 Å². The van der Waals surface area contributed by atoms with E-state index in [1.54, 1.807) is 0 Å². The third-order valence-electron chi connectivity index (χ3n) is 1.51. The summed E-state index contributed by atoms with van der Waals surface area (Å²) in [6.07, 6.45) is 9.17. The molecular formula is C8H16N2. The first-order chi connectivity index (χ1) is 4.85. The van der Waals surface area contributed by atoms with Gasteiger partial charge >= 0.3 is 0 Å². The molecule has 1 unspecified atom stereocenters. The largest absolute Gasteiger partial charge is 0.271 e. The third-order valence-corrected chi connectivity index (χ3v) is 1.51. The zero-order chi connectivity index (χ0) is 7.82. The lowest BCUT2D eigenvalue weighted by Gasteiger charge is -2.11. The second kappa shape index (κ2) is 6.60. The highest BCUT2D eigenvalue weighted by Gasteiger charge is 2.01. The smallest absolute Gasteiger partial charge is 0.0219 e. The predicted molar refractivity (Wildman–Crippen MR) is 44.1 cm³/mol. The van der Waals surface area contributed by atoms with Gasteiger partial charge in [-0.25, -0.2) is 0 Å². The van der Waals surface area contributed by atoms with E-state index in [0.717, 1.165) is 25.7 Å². The summed E-state index contributed by atoms with van der Waals surface area (Å²) in [4.78, 5) is 0. The molecule has 0 bridgehead atoms. The summed E-state index contributed by atoms with van der Waals surface area (Å²) in [6.45, 7) is 2.14. The molecule has 0 aromatic rings. The molecule has 0 aliphatic carbocycles. The summed E-state index contributed by atoms with van der Waals surface area (Å²) in [6, 6.07) is 0.404. The fourth-order valence-electron chi connectivity index (χ4n) is 0.917. The van der Waals surface area contributed by atoms with Crippen LogP contribution in [0.25, 0.3) is 0 Å². The van der Waals surface area contributed by atoms with E-state index in [1.165, 1.54) is 0 Å². The van der Waals surface area contributed by atoms with Crippen molar-refractivity contribution in [3.63, 3.8) is 0 Å². The summed E-state index contributed by atoms with van der Waals surface area (Å²) in [7, 11) is 0. The summed E-state index contributed by atoms with van der Waals surface area (Å²) in [5, 5.41) is 0. The Kier molecular flexibility index (Phi) is 6.25. The minimum Gasteiger partial charge on any atom is -0.271 e. The van der Waals surface area contributed by atoms with Crippen molar-refractivity contribution in [1.29, 1.82) is 0 Å². The van der Waals surface area contributed by atoms with E-state index in [-0.39, 0.29) is 0 Å². The molecule has 0 aliphatic heterocycles. The van der Waals surface area contributed by atoms with E-state index in [4.69, 9.17) is 12.3 Å². The van der Waals surface area contributed by atoms with Crippen LogP contribution in [0, 0.1) is 12.3 Å². The fraction of sp³-hybridized carbons (Fsp3) is 0.750. The molecule has 0 amide bonds. The van der Waals surface area contributed by atoms with Crippen LogP contribution >= 0.6 is 0 Å². The van der Waals surface area contributed by atoms with Gasteiger partial charge in [0, 0.05) is 12.5 Å². The van der Waals surface area contributed by atoms with Crippen LogP contribution in [0.1, 0.15) is 32.6 Å². The van der Waals surface area contributed by atoms with Gasteiger partial charge in [0.2, 0.25) is 0 Å². The molecule has 0 aliphatic rings. The van der Waals surface area contributed by atoms with Crippen LogP contribution in [0.3, 0.4) is 0 Å². The standard InChI is InChI=1S/C8H16N2/c1-3-5-7-8(10-9)6-4-2/h1,8,10H,4-7,9H2,2H3. The van der Waals surface area contributed by atoms with Gasteiger partial charge in [0.15, 0.2) is 0 Å². The van der Waals surface area contributed by atoms with Gasteiger partial charge in [-0.3, -0.25) is 11.3 Å². The summed E-state index contributed by atoms with van der Waals surface area (Å²) in [5.41, 5.74) is 2.74. The van der Waals surface area contributed by atoms with Gasteiger partial charge in [-0.05, 0) is 12.8 Å². The zero-order valence-electron chi connectivity index (χ0n) is 6.56. The first kappa shape index (κ1) is 9.48. The second-order valence-electron chi connectivity index (χ2n) is 2.40. The molecule has 0 heterocycles. The maximum Gasteiger partial charge on any atom is 0.0219 e. The van der Waals surface area contributed by atoms with Crippen molar-refractivity contribution in [2.75, 3.05) is 0 Å². The van der Waals surface area contributed by atoms with Gasteiger partial charge in [0.1, 0.15) is 0 Å². The lowest BCUT2D eigenvalue weighted by molar-refractivity contribution is 0.465. The third kappa shape index (κ3) is 4.37. The van der Waals surface area contributed by atoms with Crippen LogP contribution < -0.4 is 11.3 Å². The number of nitrogens with two attached hydrogens (primary N) is 1. The molecule has 58 valence electrons. The number of terminal acetylenes is 1. The van der Waals surface area contributed by atoms with Gasteiger partial charge in [0.05, 0.1) is 0 Å². The van der Waals surface area contributed by atoms with Gasteiger partial charge in [0.25, 0.3) is 0 Å². The molecule has 0 aromatic heterocycles. The van der Waals surface area contributed by atoms with Crippen molar-refractivity contribution in [2.24, 2.45) is 5.84 Å². The first-order valence-corrected chi connectivity index (χ1v) is 3.74. The Morgan fingerprint density at radius 3 is 2.70 bits per heavy atom. The molecule has 1 atom stereocenters. The maximum atomic E-state index is 5.28. The zero-order valence-corrected chi connectivity index (χ0v) is 6.56. The van der Waals surface area contributed by atoms with Crippen molar-refractivity contribution in [3.05, 3.63) is 0 Å². The number of nitrogens with one attached hydrogen (secondary N) is 1. The quantitative estimate of drug-likeness (QED) is 0.340. The lowest BCUT2D eigenvalue weighted by atomic mass is 10.1. The Labute approximate surface area is 63.2 Å². The SMILES string of the molecule is C#CCCC(CCC)NN. The van der Waals surface area contributed by atoms with Crippen molar-refractivity contribution in [3.8, 4) is 12.3 Å². The predicted octanol–water partition coefficient (Wildman–Crippen LogP) is 1.03. The summed E-state index contributed by atoms with van der Waals surface area (Å²) >= 11 is 0. The Morgan fingerprint density at radius 1 is 1.60 bits per heavy atom. The Hall–Kier alpha value is -0.520. The molecule has 0 fully saturated rings. The number of hydrogen-bond donors (Lipinski definition) is 2. The van der Waals surface area contributed by atoms with E-state index in [0.29, 0.717) is 6.04 Å². The van der Waals surface area contributed by atoms with Gasteiger partial charge < -0.3 is 0 Å². The fourth-order valence-corrected chi connectivity index (χ4v) is 0.917. The normalized spacial score (nSPS) is 12.5. The van der Waals surface area contributed by atoms with Crippen molar-refractivity contribution in [2.45, 2.75) is 38.6 Å². The molecular weight excluding hydrogens is 124 g/mol. The molecule has 2 heteroatoms. The lowest BCUT2D eigenvalue weighted by Crippen LogP contribution is -2.34. The number of hydrogen-bond acceptors (Lipinski definition) is 2. The Morgan fingerprint density at radius 2 is 2.30 bits per heavy atom. The van der Waals surface area contributed by atoms with Crippen LogP contribution in [-0.4, -0.2) is 6.04 Å². The highest BCUT2D eigenvalue weighted by Crippen LogP contribution is 2.02. The van der Waals surface area contributed by atoms with E-state index in [9.17, 15) is 0 Å². The highest BCUT2D eigenvalue weighted by atomic mass is 15.2. The molecule has 0 spiro atoms. The molecule has 2 nitrogen and oxygen atoms in total. The van der Waals surface area contributed by atoms with Crippen molar-refractivity contribution >= 4 is 0 Å². The van der Waals surface area contributed by atoms with Crippen LogP contribution in [0.15, 0.2) is 0 Å². The van der Waals surface area contributed by atoms with E-state index >= 15 is 0 Å². The molecule has 0 rings (SSSR count). The average molecular weight is 140 g/mol. The minimum atomic E-state index is 0.404. The van der Waals surface area contributed by atoms with Crippen LogP contribution in [-0.2, 0) is 0 Å². The molecule has 0 saturated carbocycles.